The Morgan fingerprint density at radius 3 is 2.24 bits per heavy atom. The Labute approximate surface area is 216 Å². The van der Waals surface area contributed by atoms with E-state index in [4.69, 9.17) is 14.0 Å². The fourth-order valence-corrected chi connectivity index (χ4v) is 4.68. The summed E-state index contributed by atoms with van der Waals surface area (Å²) < 4.78 is 18.0. The van der Waals surface area contributed by atoms with Gasteiger partial charge in [0.15, 0.2) is 0 Å². The van der Waals surface area contributed by atoms with Crippen LogP contribution >= 0.6 is 0 Å². The van der Waals surface area contributed by atoms with Crippen LogP contribution in [0, 0.1) is 0 Å². The van der Waals surface area contributed by atoms with Gasteiger partial charge in [0.05, 0.1) is 23.1 Å². The Morgan fingerprint density at radius 1 is 1.05 bits per heavy atom. The minimum absolute atomic E-state index is 0.0368. The van der Waals surface area contributed by atoms with Gasteiger partial charge in [-0.25, -0.2) is 9.78 Å². The molecule has 1 saturated heterocycles. The molecule has 2 heterocycles. The van der Waals surface area contributed by atoms with E-state index in [1.807, 2.05) is 52.0 Å². The summed E-state index contributed by atoms with van der Waals surface area (Å²) in [6.07, 6.45) is 3.85. The molecule has 1 aliphatic heterocycles. The molecule has 0 radical (unpaired) electrons. The molecule has 0 saturated carbocycles. The van der Waals surface area contributed by atoms with Crippen molar-refractivity contribution in [3.8, 4) is 11.1 Å². The van der Waals surface area contributed by atoms with Gasteiger partial charge in [0.1, 0.15) is 6.61 Å². The Balaban J connectivity index is 1.30. The van der Waals surface area contributed by atoms with Crippen molar-refractivity contribution in [1.29, 1.82) is 0 Å². The molecule has 37 heavy (non-hydrogen) atoms. The Bertz CT molecular complexity index is 1350. The molecule has 190 valence electrons. The maximum absolute atomic E-state index is 12.8. The van der Waals surface area contributed by atoms with Crippen LogP contribution < -0.4 is 10.9 Å². The van der Waals surface area contributed by atoms with Gasteiger partial charge in [-0.2, -0.15) is 0 Å². The van der Waals surface area contributed by atoms with Gasteiger partial charge in [-0.3, -0.25) is 4.79 Å². The largest absolute Gasteiger partial charge is 0.492 e. The third-order valence-electron chi connectivity index (χ3n) is 7.42. The molecule has 1 amide bonds. The highest BCUT2D eigenvalue weighted by Gasteiger charge is 2.52. The number of nitrogens with one attached hydrogen (secondary N) is 2. The van der Waals surface area contributed by atoms with Crippen molar-refractivity contribution >= 4 is 19.3 Å². The molecule has 0 bridgehead atoms. The number of nitrogens with zero attached hydrogens (tertiary/aromatic N) is 1. The highest BCUT2D eigenvalue weighted by atomic mass is 16.7. The van der Waals surface area contributed by atoms with E-state index in [0.29, 0.717) is 11.0 Å². The third kappa shape index (κ3) is 4.84. The highest BCUT2D eigenvalue weighted by molar-refractivity contribution is 6.56. The zero-order chi connectivity index (χ0) is 26.2. The number of H-pyrrole nitrogens is 1. The summed E-state index contributed by atoms with van der Waals surface area (Å²) in [5.74, 6) is -0.0368. The number of hydrogen-bond acceptors (Lipinski definition) is 6. The molecule has 1 fully saturated rings. The van der Waals surface area contributed by atoms with Gasteiger partial charge in [-0.15, -0.1) is 0 Å². The van der Waals surface area contributed by atoms with Crippen molar-refractivity contribution in [2.24, 2.45) is 0 Å². The van der Waals surface area contributed by atoms with Gasteiger partial charge in [-0.1, -0.05) is 54.6 Å². The Hall–Kier alpha value is -3.69. The summed E-state index contributed by atoms with van der Waals surface area (Å²) in [4.78, 5) is 31.6. The molecule has 9 heteroatoms. The van der Waals surface area contributed by atoms with Crippen LogP contribution in [0.1, 0.15) is 50.3 Å². The predicted octanol–water partition coefficient (Wildman–Crippen LogP) is 4.32. The van der Waals surface area contributed by atoms with Crippen LogP contribution in [0.15, 0.2) is 71.3 Å². The highest BCUT2D eigenvalue weighted by Crippen LogP contribution is 2.44. The summed E-state index contributed by atoms with van der Waals surface area (Å²) in [5, 5.41) is 2.80. The third-order valence-corrected chi connectivity index (χ3v) is 7.42. The van der Waals surface area contributed by atoms with Crippen molar-refractivity contribution in [3.63, 3.8) is 0 Å². The van der Waals surface area contributed by atoms with E-state index in [9.17, 15) is 9.59 Å². The van der Waals surface area contributed by atoms with Gasteiger partial charge >= 0.3 is 13.2 Å². The lowest BCUT2D eigenvalue weighted by Crippen LogP contribution is -2.41. The standard InChI is InChI=1S/C28H30BN3O5/c1-27(2)28(3,4)37-29(36-27)19(13-18-14-30-17-32-25(18)33)15-31-26(34)35-16-24-22-11-7-5-9-20(22)21-10-6-8-12-23(21)24/h5-14,17,24H,15-16H2,1-4H3,(H,31,34)(H,30,32,33). The summed E-state index contributed by atoms with van der Waals surface area (Å²) in [6, 6.07) is 16.4. The number of fused-ring (bicyclic) bond motifs is 3. The van der Waals surface area contributed by atoms with Gasteiger partial charge in [0, 0.05) is 18.7 Å². The first-order chi connectivity index (χ1) is 17.7. The van der Waals surface area contributed by atoms with Gasteiger partial charge in [0.25, 0.3) is 5.56 Å². The topological polar surface area (TPSA) is 103 Å². The Kier molecular flexibility index (Phi) is 6.51. The van der Waals surface area contributed by atoms with E-state index in [-0.39, 0.29) is 24.6 Å². The second-order valence-electron chi connectivity index (χ2n) is 10.3. The summed E-state index contributed by atoms with van der Waals surface area (Å²) in [5.41, 5.74) is 4.07. The molecule has 3 aromatic rings. The van der Waals surface area contributed by atoms with Crippen molar-refractivity contribution in [1.82, 2.24) is 15.3 Å². The lowest BCUT2D eigenvalue weighted by Gasteiger charge is -2.32. The molecule has 0 atom stereocenters. The van der Waals surface area contributed by atoms with Crippen LogP contribution in [0.25, 0.3) is 17.2 Å². The number of ether oxygens (including phenoxy) is 1. The maximum atomic E-state index is 12.8. The van der Waals surface area contributed by atoms with Crippen molar-refractivity contribution in [3.05, 3.63) is 93.6 Å². The Morgan fingerprint density at radius 2 is 1.65 bits per heavy atom. The fourth-order valence-electron chi connectivity index (χ4n) is 4.68. The molecular formula is C28H30BN3O5. The minimum atomic E-state index is -0.751. The summed E-state index contributed by atoms with van der Waals surface area (Å²) in [7, 11) is -0.751. The summed E-state index contributed by atoms with van der Waals surface area (Å²) >= 11 is 0. The summed E-state index contributed by atoms with van der Waals surface area (Å²) in [6.45, 7) is 8.06. The number of carbonyl (C=O) groups excluding carboxylic acids is 1. The number of alkyl carbamates (subject to hydrolysis) is 1. The molecule has 2 N–H and O–H groups in total. The molecule has 0 spiro atoms. The van der Waals surface area contributed by atoms with Gasteiger partial charge < -0.3 is 24.3 Å². The zero-order valence-corrected chi connectivity index (χ0v) is 21.4. The number of benzene rings is 2. The van der Waals surface area contributed by atoms with Crippen LogP contribution in [-0.4, -0.2) is 47.5 Å². The van der Waals surface area contributed by atoms with E-state index in [1.54, 1.807) is 6.08 Å². The van der Waals surface area contributed by atoms with Crippen LogP contribution in [0.4, 0.5) is 4.79 Å². The molecule has 8 nitrogen and oxygen atoms in total. The van der Waals surface area contributed by atoms with Crippen LogP contribution in [-0.2, 0) is 14.0 Å². The smallest absolute Gasteiger partial charge is 0.449 e. The first-order valence-corrected chi connectivity index (χ1v) is 12.3. The molecular weight excluding hydrogens is 469 g/mol. The average molecular weight is 499 g/mol. The molecule has 1 aliphatic carbocycles. The molecule has 2 aliphatic rings. The first kappa shape index (κ1) is 25.0. The first-order valence-electron chi connectivity index (χ1n) is 12.3. The second kappa shape index (κ2) is 9.65. The monoisotopic (exact) mass is 499 g/mol. The van der Waals surface area contributed by atoms with Crippen molar-refractivity contribution in [2.45, 2.75) is 44.8 Å². The van der Waals surface area contributed by atoms with E-state index in [2.05, 4.69) is 39.6 Å². The molecule has 0 unspecified atom stereocenters. The normalized spacial score (nSPS) is 17.8. The number of aromatic amines is 1. The van der Waals surface area contributed by atoms with Crippen LogP contribution in [0.3, 0.4) is 0 Å². The number of aromatic nitrogens is 2. The second-order valence-corrected chi connectivity index (χ2v) is 10.3. The van der Waals surface area contributed by atoms with Gasteiger partial charge in [0.2, 0.25) is 0 Å². The van der Waals surface area contributed by atoms with Crippen molar-refractivity contribution in [2.75, 3.05) is 13.2 Å². The van der Waals surface area contributed by atoms with Crippen LogP contribution in [0.5, 0.6) is 0 Å². The lowest BCUT2D eigenvalue weighted by molar-refractivity contribution is 0.00578. The van der Waals surface area contributed by atoms with Crippen LogP contribution in [0.2, 0.25) is 0 Å². The fraction of sp³-hybridized carbons (Fsp3) is 0.321. The number of amides is 1. The van der Waals surface area contributed by atoms with Gasteiger partial charge in [-0.05, 0) is 55.4 Å². The lowest BCUT2D eigenvalue weighted by atomic mass is 9.77. The van der Waals surface area contributed by atoms with Crippen molar-refractivity contribution < 1.29 is 18.8 Å². The maximum Gasteiger partial charge on any atom is 0.492 e. The zero-order valence-electron chi connectivity index (χ0n) is 21.4. The number of hydrogen-bond donors (Lipinski definition) is 2. The van der Waals surface area contributed by atoms with E-state index < -0.39 is 24.4 Å². The molecule has 2 aromatic carbocycles. The molecule has 5 rings (SSSR count). The number of rotatable bonds is 6. The quantitative estimate of drug-likeness (QED) is 0.490. The molecule has 1 aromatic heterocycles. The number of carbonyl (C=O) groups is 1. The van der Waals surface area contributed by atoms with E-state index in [1.165, 1.54) is 23.7 Å². The van der Waals surface area contributed by atoms with E-state index in [0.717, 1.165) is 11.1 Å². The van der Waals surface area contributed by atoms with E-state index >= 15 is 0 Å². The predicted molar refractivity (Wildman–Crippen MR) is 142 cm³/mol. The average Bonchev–Trinajstić information content (AvgIpc) is 3.30. The minimum Gasteiger partial charge on any atom is -0.449 e. The SMILES string of the molecule is CC1(C)OB(C(=Cc2cnc[nH]c2=O)CNC(=O)OCC2c3ccccc3-c3ccccc32)OC1(C)C.